The van der Waals surface area contributed by atoms with Crippen molar-refractivity contribution in [3.8, 4) is 0 Å². The largest absolute Gasteiger partial charge is 0.387 e. The summed E-state index contributed by atoms with van der Waals surface area (Å²) in [6, 6.07) is 0. The Morgan fingerprint density at radius 2 is 1.42 bits per heavy atom. The van der Waals surface area contributed by atoms with Gasteiger partial charge >= 0.3 is 0 Å². The highest BCUT2D eigenvalue weighted by molar-refractivity contribution is 5.80. The SMILES string of the molecule is N/C1=N/CCCCCCCCC1. The topological polar surface area (TPSA) is 38.4 Å². The molecule has 2 N–H and O–H groups in total. The molecule has 0 aromatic carbocycles. The minimum atomic E-state index is 0.872. The van der Waals surface area contributed by atoms with Crippen LogP contribution in [0.5, 0.6) is 0 Å². The predicted molar refractivity (Wildman–Crippen MR) is 53.4 cm³/mol. The molecular weight excluding hydrogens is 148 g/mol. The van der Waals surface area contributed by atoms with Crippen LogP contribution in [0.15, 0.2) is 4.99 Å². The van der Waals surface area contributed by atoms with Gasteiger partial charge in [0.15, 0.2) is 0 Å². The molecule has 1 rings (SSSR count). The average molecular weight is 168 g/mol. The zero-order valence-electron chi connectivity index (χ0n) is 7.89. The van der Waals surface area contributed by atoms with Crippen molar-refractivity contribution in [1.29, 1.82) is 0 Å². The van der Waals surface area contributed by atoms with Gasteiger partial charge in [0.25, 0.3) is 0 Å². The Morgan fingerprint density at radius 1 is 0.833 bits per heavy atom. The second-order valence-corrected chi connectivity index (χ2v) is 3.60. The molecular formula is C10H20N2. The molecule has 0 aliphatic carbocycles. The first-order valence-corrected chi connectivity index (χ1v) is 5.18. The molecule has 1 aliphatic rings. The number of aliphatic imine (C=N–C) groups is 1. The summed E-state index contributed by atoms with van der Waals surface area (Å²) in [6.07, 6.45) is 10.3. The summed E-state index contributed by atoms with van der Waals surface area (Å²) in [7, 11) is 0. The maximum Gasteiger partial charge on any atom is 0.0937 e. The van der Waals surface area contributed by atoms with E-state index in [1.807, 2.05) is 0 Å². The van der Waals surface area contributed by atoms with E-state index in [1.54, 1.807) is 0 Å². The molecule has 0 radical (unpaired) electrons. The molecule has 0 amide bonds. The zero-order chi connectivity index (χ0) is 8.65. The monoisotopic (exact) mass is 168 g/mol. The number of nitrogens with two attached hydrogens (primary N) is 1. The molecule has 0 saturated heterocycles. The lowest BCUT2D eigenvalue weighted by atomic mass is 10.1. The Morgan fingerprint density at radius 3 is 2.17 bits per heavy atom. The van der Waals surface area contributed by atoms with E-state index < -0.39 is 0 Å². The summed E-state index contributed by atoms with van der Waals surface area (Å²) in [5, 5.41) is 0. The van der Waals surface area contributed by atoms with Gasteiger partial charge in [-0.1, -0.05) is 32.1 Å². The molecule has 12 heavy (non-hydrogen) atoms. The fourth-order valence-corrected chi connectivity index (χ4v) is 1.60. The van der Waals surface area contributed by atoms with Gasteiger partial charge in [-0.3, -0.25) is 4.99 Å². The Hall–Kier alpha value is -0.530. The van der Waals surface area contributed by atoms with Crippen LogP contribution in [0.1, 0.15) is 51.4 Å². The maximum absolute atomic E-state index is 5.73. The Bertz CT molecular complexity index is 141. The molecule has 0 saturated carbocycles. The van der Waals surface area contributed by atoms with E-state index in [4.69, 9.17) is 5.73 Å². The van der Waals surface area contributed by atoms with Crippen molar-refractivity contribution in [2.24, 2.45) is 10.7 Å². The third-order valence-corrected chi connectivity index (χ3v) is 2.41. The van der Waals surface area contributed by atoms with Gasteiger partial charge in [0.1, 0.15) is 0 Å². The number of rotatable bonds is 0. The van der Waals surface area contributed by atoms with Gasteiger partial charge in [0, 0.05) is 13.0 Å². The quantitative estimate of drug-likeness (QED) is 0.593. The molecule has 0 atom stereocenters. The number of hydrogen-bond acceptors (Lipinski definition) is 2. The normalized spacial score (nSPS) is 26.8. The molecule has 0 aromatic heterocycles. The van der Waals surface area contributed by atoms with Crippen molar-refractivity contribution in [1.82, 2.24) is 0 Å². The van der Waals surface area contributed by atoms with Crippen LogP contribution < -0.4 is 5.73 Å². The van der Waals surface area contributed by atoms with Gasteiger partial charge in [-0.15, -0.1) is 0 Å². The third kappa shape index (κ3) is 4.37. The lowest BCUT2D eigenvalue weighted by molar-refractivity contribution is 0.593. The smallest absolute Gasteiger partial charge is 0.0937 e. The van der Waals surface area contributed by atoms with E-state index in [0.717, 1.165) is 18.8 Å². The lowest BCUT2D eigenvalue weighted by Crippen LogP contribution is -2.11. The molecule has 0 spiro atoms. The van der Waals surface area contributed by atoms with Crippen molar-refractivity contribution in [2.45, 2.75) is 51.4 Å². The zero-order valence-corrected chi connectivity index (χ0v) is 7.89. The minimum Gasteiger partial charge on any atom is -0.387 e. The number of nitrogens with zero attached hydrogens (tertiary/aromatic N) is 1. The van der Waals surface area contributed by atoms with Crippen LogP contribution in [0.3, 0.4) is 0 Å². The van der Waals surface area contributed by atoms with Crippen LogP contribution in [0, 0.1) is 0 Å². The minimum absolute atomic E-state index is 0.872. The Balaban J connectivity index is 2.25. The summed E-state index contributed by atoms with van der Waals surface area (Å²) >= 11 is 0. The van der Waals surface area contributed by atoms with Crippen molar-refractivity contribution in [3.05, 3.63) is 0 Å². The van der Waals surface area contributed by atoms with E-state index >= 15 is 0 Å². The highest BCUT2D eigenvalue weighted by Gasteiger charge is 1.97. The summed E-state index contributed by atoms with van der Waals surface area (Å²) < 4.78 is 0. The van der Waals surface area contributed by atoms with Crippen LogP contribution in [0.25, 0.3) is 0 Å². The molecule has 0 aromatic rings. The highest BCUT2D eigenvalue weighted by Crippen LogP contribution is 2.10. The summed E-state index contributed by atoms with van der Waals surface area (Å²) in [5.74, 6) is 0.872. The Kier molecular flexibility index (Phi) is 4.81. The lowest BCUT2D eigenvalue weighted by Gasteiger charge is -1.98. The summed E-state index contributed by atoms with van der Waals surface area (Å²) in [5.41, 5.74) is 5.73. The first-order chi connectivity index (χ1) is 5.89. The number of hydrogen-bond donors (Lipinski definition) is 1. The van der Waals surface area contributed by atoms with Gasteiger partial charge in [-0.05, 0) is 12.8 Å². The van der Waals surface area contributed by atoms with Gasteiger partial charge in [0.2, 0.25) is 0 Å². The average Bonchev–Trinajstić information content (AvgIpc) is 2.11. The second kappa shape index (κ2) is 6.04. The molecule has 1 aliphatic heterocycles. The van der Waals surface area contributed by atoms with Crippen LogP contribution in [0.4, 0.5) is 0 Å². The fourth-order valence-electron chi connectivity index (χ4n) is 1.60. The van der Waals surface area contributed by atoms with Gasteiger partial charge in [0.05, 0.1) is 5.84 Å². The van der Waals surface area contributed by atoms with Crippen molar-refractivity contribution in [3.63, 3.8) is 0 Å². The number of amidine groups is 1. The van der Waals surface area contributed by atoms with E-state index in [-0.39, 0.29) is 0 Å². The van der Waals surface area contributed by atoms with Crippen molar-refractivity contribution < 1.29 is 0 Å². The van der Waals surface area contributed by atoms with Gasteiger partial charge in [-0.2, -0.15) is 0 Å². The fraction of sp³-hybridized carbons (Fsp3) is 0.900. The maximum atomic E-state index is 5.73. The van der Waals surface area contributed by atoms with E-state index in [1.165, 1.54) is 44.9 Å². The Labute approximate surface area is 75.3 Å². The molecule has 2 nitrogen and oxygen atoms in total. The van der Waals surface area contributed by atoms with Crippen LogP contribution in [-0.2, 0) is 0 Å². The van der Waals surface area contributed by atoms with Crippen LogP contribution in [0.2, 0.25) is 0 Å². The van der Waals surface area contributed by atoms with Crippen molar-refractivity contribution >= 4 is 5.84 Å². The predicted octanol–water partition coefficient (Wildman–Crippen LogP) is 2.48. The highest BCUT2D eigenvalue weighted by atomic mass is 14.8. The van der Waals surface area contributed by atoms with Crippen molar-refractivity contribution in [2.75, 3.05) is 6.54 Å². The molecule has 2 heteroatoms. The van der Waals surface area contributed by atoms with E-state index in [9.17, 15) is 0 Å². The standard InChI is InChI=1S/C10H20N2/c11-10-8-6-4-2-1-3-5-7-9-12-10/h1-9H2,(H2,11,12). The van der Waals surface area contributed by atoms with E-state index in [2.05, 4.69) is 4.99 Å². The van der Waals surface area contributed by atoms with E-state index in [0.29, 0.717) is 0 Å². The molecule has 0 unspecified atom stereocenters. The third-order valence-electron chi connectivity index (χ3n) is 2.41. The molecule has 0 fully saturated rings. The molecule has 1 heterocycles. The summed E-state index contributed by atoms with van der Waals surface area (Å²) in [6.45, 7) is 0.950. The molecule has 70 valence electrons. The van der Waals surface area contributed by atoms with Gasteiger partial charge in [-0.25, -0.2) is 0 Å². The summed E-state index contributed by atoms with van der Waals surface area (Å²) in [4.78, 5) is 4.32. The van der Waals surface area contributed by atoms with Crippen LogP contribution in [-0.4, -0.2) is 12.4 Å². The molecule has 0 bridgehead atoms. The first-order valence-electron chi connectivity index (χ1n) is 5.18. The van der Waals surface area contributed by atoms with Crippen LogP contribution >= 0.6 is 0 Å². The van der Waals surface area contributed by atoms with Gasteiger partial charge < -0.3 is 5.73 Å². The second-order valence-electron chi connectivity index (χ2n) is 3.60. The first kappa shape index (κ1) is 9.56.